The van der Waals surface area contributed by atoms with E-state index in [0.29, 0.717) is 76.9 Å². The molecule has 0 radical (unpaired) electrons. The van der Waals surface area contributed by atoms with Crippen molar-refractivity contribution in [3.63, 3.8) is 0 Å². The first-order valence-electron chi connectivity index (χ1n) is 12.4. The largest absolute Gasteiger partial charge is 0.485 e. The number of piperazine rings is 2. The van der Waals surface area contributed by atoms with Crippen molar-refractivity contribution >= 4 is 17.7 Å². The Morgan fingerprint density at radius 2 is 1.43 bits per heavy atom. The molecule has 3 aliphatic heterocycles. The molecule has 0 saturated carbocycles. The minimum Gasteiger partial charge on any atom is -0.485 e. The summed E-state index contributed by atoms with van der Waals surface area (Å²) in [6.45, 7) is 11.9. The van der Waals surface area contributed by atoms with Crippen LogP contribution in [0.5, 0.6) is 11.5 Å². The third-order valence-electron chi connectivity index (χ3n) is 6.43. The molecule has 3 amide bonds. The lowest BCUT2D eigenvalue weighted by atomic mass is 10.1. The lowest BCUT2D eigenvalue weighted by molar-refractivity contribution is -0.143. The van der Waals surface area contributed by atoms with Gasteiger partial charge in [0.15, 0.2) is 11.5 Å². The maximum atomic E-state index is 12.9. The summed E-state index contributed by atoms with van der Waals surface area (Å²) in [6.07, 6.45) is -0.639. The van der Waals surface area contributed by atoms with Gasteiger partial charge in [-0.15, -0.1) is 0 Å². The van der Waals surface area contributed by atoms with Crippen LogP contribution in [0.3, 0.4) is 0 Å². The zero-order valence-corrected chi connectivity index (χ0v) is 21.0. The van der Waals surface area contributed by atoms with Crippen LogP contribution in [0, 0.1) is 0 Å². The standard InChI is InChI=1S/C25H37N5O5/c1-25(2,3)26-22(31)16-27-8-12-29(13-9-27)23(32)17-28-10-14-30(15-11-28)24(33)21-18-34-19-6-4-5-7-20(19)35-21/h4-7,21H,8-18H2,1-3H3,(H,26,31)/t21-/m0/s1. The highest BCUT2D eigenvalue weighted by atomic mass is 16.6. The average Bonchev–Trinajstić information content (AvgIpc) is 2.83. The van der Waals surface area contributed by atoms with Crippen LogP contribution in [0.15, 0.2) is 24.3 Å². The molecule has 0 spiro atoms. The van der Waals surface area contributed by atoms with Gasteiger partial charge in [-0.05, 0) is 32.9 Å². The van der Waals surface area contributed by atoms with E-state index in [1.165, 1.54) is 0 Å². The number of nitrogens with zero attached hydrogens (tertiary/aromatic N) is 4. The highest BCUT2D eigenvalue weighted by molar-refractivity contribution is 5.82. The lowest BCUT2D eigenvalue weighted by Gasteiger charge is -2.39. The van der Waals surface area contributed by atoms with Gasteiger partial charge in [0.25, 0.3) is 5.91 Å². The maximum absolute atomic E-state index is 12.9. The van der Waals surface area contributed by atoms with Crippen molar-refractivity contribution in [2.45, 2.75) is 32.4 Å². The molecule has 0 aromatic heterocycles. The van der Waals surface area contributed by atoms with Crippen LogP contribution in [0.2, 0.25) is 0 Å². The van der Waals surface area contributed by atoms with Crippen molar-refractivity contribution in [2.24, 2.45) is 0 Å². The van der Waals surface area contributed by atoms with E-state index in [1.807, 2.05) is 43.9 Å². The maximum Gasteiger partial charge on any atom is 0.267 e. The predicted octanol–water partition coefficient (Wildman–Crippen LogP) is 0.0295. The summed E-state index contributed by atoms with van der Waals surface area (Å²) in [4.78, 5) is 45.8. The van der Waals surface area contributed by atoms with E-state index in [9.17, 15) is 14.4 Å². The summed E-state index contributed by atoms with van der Waals surface area (Å²) >= 11 is 0. The fraction of sp³-hybridized carbons (Fsp3) is 0.640. The van der Waals surface area contributed by atoms with Crippen LogP contribution >= 0.6 is 0 Å². The lowest BCUT2D eigenvalue weighted by Crippen LogP contribution is -2.57. The minimum absolute atomic E-state index is 0.0130. The Labute approximate surface area is 207 Å². The molecule has 4 rings (SSSR count). The van der Waals surface area contributed by atoms with Gasteiger partial charge in [0.05, 0.1) is 13.1 Å². The third-order valence-corrected chi connectivity index (χ3v) is 6.43. The quantitative estimate of drug-likeness (QED) is 0.626. The second-order valence-corrected chi connectivity index (χ2v) is 10.4. The minimum atomic E-state index is -0.639. The molecule has 2 saturated heterocycles. The SMILES string of the molecule is CC(C)(C)NC(=O)CN1CCN(C(=O)CN2CCN(C(=O)[C@@H]3COc4ccccc4O3)CC2)CC1. The first-order valence-corrected chi connectivity index (χ1v) is 12.4. The van der Waals surface area contributed by atoms with Crippen LogP contribution in [-0.4, -0.2) is 121 Å². The van der Waals surface area contributed by atoms with E-state index in [-0.39, 0.29) is 29.9 Å². The van der Waals surface area contributed by atoms with E-state index >= 15 is 0 Å². The molecule has 3 aliphatic rings. The van der Waals surface area contributed by atoms with Crippen LogP contribution in [0.4, 0.5) is 0 Å². The van der Waals surface area contributed by atoms with Crippen molar-refractivity contribution in [3.8, 4) is 11.5 Å². The summed E-state index contributed by atoms with van der Waals surface area (Å²) in [5.41, 5.74) is -0.244. The number of hydrogen-bond donors (Lipinski definition) is 1. The molecule has 0 bridgehead atoms. The predicted molar refractivity (Wildman–Crippen MR) is 130 cm³/mol. The molecule has 1 aromatic carbocycles. The highest BCUT2D eigenvalue weighted by Gasteiger charge is 2.33. The summed E-state index contributed by atoms with van der Waals surface area (Å²) in [6, 6.07) is 7.36. The molecule has 10 heteroatoms. The molecular weight excluding hydrogens is 450 g/mol. The smallest absolute Gasteiger partial charge is 0.267 e. The Bertz CT molecular complexity index is 917. The number of nitrogens with one attached hydrogen (secondary N) is 1. The first-order chi connectivity index (χ1) is 16.7. The van der Waals surface area contributed by atoms with E-state index in [4.69, 9.17) is 9.47 Å². The van der Waals surface area contributed by atoms with Gasteiger partial charge >= 0.3 is 0 Å². The number of rotatable bonds is 5. The van der Waals surface area contributed by atoms with E-state index in [0.717, 1.165) is 0 Å². The van der Waals surface area contributed by atoms with Gasteiger partial charge in [-0.3, -0.25) is 24.2 Å². The molecule has 1 N–H and O–H groups in total. The summed E-state index contributed by atoms with van der Waals surface area (Å²) in [7, 11) is 0. The van der Waals surface area contributed by atoms with Gasteiger partial charge < -0.3 is 24.6 Å². The second kappa shape index (κ2) is 10.8. The summed E-state index contributed by atoms with van der Waals surface area (Å²) in [5.74, 6) is 1.30. The molecule has 192 valence electrons. The van der Waals surface area contributed by atoms with Crippen molar-refractivity contribution in [3.05, 3.63) is 24.3 Å². The fourth-order valence-corrected chi connectivity index (χ4v) is 4.58. The zero-order valence-electron chi connectivity index (χ0n) is 21.0. The van der Waals surface area contributed by atoms with E-state index in [1.54, 1.807) is 11.0 Å². The number of benzene rings is 1. The molecule has 3 heterocycles. The van der Waals surface area contributed by atoms with Crippen LogP contribution in [0.1, 0.15) is 20.8 Å². The van der Waals surface area contributed by atoms with Crippen LogP contribution in [0.25, 0.3) is 0 Å². The number of amides is 3. The Hall–Kier alpha value is -2.85. The third kappa shape index (κ3) is 6.85. The van der Waals surface area contributed by atoms with Crippen molar-refractivity contribution < 1.29 is 23.9 Å². The molecule has 10 nitrogen and oxygen atoms in total. The Balaban J connectivity index is 1.16. The molecule has 2 fully saturated rings. The van der Waals surface area contributed by atoms with E-state index in [2.05, 4.69) is 15.1 Å². The van der Waals surface area contributed by atoms with Gasteiger partial charge in [0, 0.05) is 57.9 Å². The Kier molecular flexibility index (Phi) is 7.81. The first kappa shape index (κ1) is 25.2. The van der Waals surface area contributed by atoms with Gasteiger partial charge in [0.1, 0.15) is 6.61 Å². The summed E-state index contributed by atoms with van der Waals surface area (Å²) in [5, 5.41) is 2.98. The van der Waals surface area contributed by atoms with Crippen molar-refractivity contribution in [1.82, 2.24) is 24.9 Å². The highest BCUT2D eigenvalue weighted by Crippen LogP contribution is 2.31. The number of carbonyl (C=O) groups is 3. The number of carbonyl (C=O) groups excluding carboxylic acids is 3. The monoisotopic (exact) mass is 487 g/mol. The fourth-order valence-electron chi connectivity index (χ4n) is 4.58. The normalized spacial score (nSPS) is 21.5. The molecule has 0 unspecified atom stereocenters. The molecule has 35 heavy (non-hydrogen) atoms. The van der Waals surface area contributed by atoms with Gasteiger partial charge in [-0.25, -0.2) is 0 Å². The number of hydrogen-bond acceptors (Lipinski definition) is 7. The van der Waals surface area contributed by atoms with E-state index < -0.39 is 6.10 Å². The summed E-state index contributed by atoms with van der Waals surface area (Å²) < 4.78 is 11.5. The van der Waals surface area contributed by atoms with Crippen LogP contribution in [-0.2, 0) is 14.4 Å². The number of fused-ring (bicyclic) bond motifs is 1. The molecule has 1 aromatic rings. The average molecular weight is 488 g/mol. The molecule has 1 atom stereocenters. The van der Waals surface area contributed by atoms with Gasteiger partial charge in [0.2, 0.25) is 17.9 Å². The van der Waals surface area contributed by atoms with Crippen molar-refractivity contribution in [1.29, 1.82) is 0 Å². The molecular formula is C25H37N5O5. The Morgan fingerprint density at radius 1 is 0.857 bits per heavy atom. The van der Waals surface area contributed by atoms with Crippen LogP contribution < -0.4 is 14.8 Å². The topological polar surface area (TPSA) is 94.7 Å². The van der Waals surface area contributed by atoms with Crippen molar-refractivity contribution in [2.75, 3.05) is 72.1 Å². The number of ether oxygens (including phenoxy) is 2. The number of para-hydroxylation sites is 2. The van der Waals surface area contributed by atoms with Gasteiger partial charge in [-0.1, -0.05) is 12.1 Å². The zero-order chi connectivity index (χ0) is 25.0. The van der Waals surface area contributed by atoms with Gasteiger partial charge in [-0.2, -0.15) is 0 Å². The molecule has 0 aliphatic carbocycles. The second-order valence-electron chi connectivity index (χ2n) is 10.4. The Morgan fingerprint density at radius 3 is 2.06 bits per heavy atom.